The number of nitrogens with one attached hydrogen (secondary N) is 2. The minimum absolute atomic E-state index is 0.0541. The molecule has 8 heteroatoms. The van der Waals surface area contributed by atoms with Crippen LogP contribution in [-0.2, 0) is 5.41 Å². The van der Waals surface area contributed by atoms with Crippen molar-refractivity contribution in [3.05, 3.63) is 70.5 Å². The summed E-state index contributed by atoms with van der Waals surface area (Å²) in [6.45, 7) is 18.0. The van der Waals surface area contributed by atoms with Gasteiger partial charge in [0, 0.05) is 28.8 Å². The van der Waals surface area contributed by atoms with Crippen LogP contribution < -0.4 is 10.1 Å². The standard InChI is InChI=1S/C15H20N2.C14H18N2O4.C2H6.C2H2/c1-10-6-8-12(9-7-10)14-16-11(2)13(17-14)15(3,4)5;1-9(2)20-13-4-3-10(5-11(13)6-15)14(19)16-7-12(18)8-17;2*1-2/h6-9H,1-5H3,(H,16,17);3-5,9,12,17-18H,7-8H2,1-2H3,(H,16,19);1-2H3;1-2H. The third-order valence-corrected chi connectivity index (χ3v) is 5.35. The van der Waals surface area contributed by atoms with Gasteiger partial charge in [-0.05, 0) is 45.9 Å². The van der Waals surface area contributed by atoms with Crippen LogP contribution >= 0.6 is 0 Å². The molecule has 0 bridgehead atoms. The lowest BCUT2D eigenvalue weighted by Gasteiger charge is -2.15. The molecule has 0 saturated heterocycles. The summed E-state index contributed by atoms with van der Waals surface area (Å²) in [6, 6.07) is 15.0. The number of aryl methyl sites for hydroxylation is 2. The van der Waals surface area contributed by atoms with Crippen LogP contribution in [-0.4, -0.2) is 51.4 Å². The smallest absolute Gasteiger partial charge is 0.251 e. The number of hydrogen-bond acceptors (Lipinski definition) is 6. The van der Waals surface area contributed by atoms with Gasteiger partial charge in [0.25, 0.3) is 5.91 Å². The fourth-order valence-corrected chi connectivity index (χ4v) is 3.53. The maximum atomic E-state index is 11.8. The predicted molar refractivity (Wildman–Crippen MR) is 166 cm³/mol. The number of aliphatic hydroxyl groups is 2. The Kier molecular flexibility index (Phi) is 16.4. The number of aromatic nitrogens is 2. The summed E-state index contributed by atoms with van der Waals surface area (Å²) in [6.07, 6.45) is 6.93. The third kappa shape index (κ3) is 12.3. The molecule has 0 saturated carbocycles. The number of nitriles is 1. The molecule has 8 nitrogen and oxygen atoms in total. The monoisotopic (exact) mass is 562 g/mol. The number of rotatable bonds is 7. The first-order valence-electron chi connectivity index (χ1n) is 13.6. The zero-order valence-corrected chi connectivity index (χ0v) is 25.9. The van der Waals surface area contributed by atoms with Crippen LogP contribution in [0.4, 0.5) is 0 Å². The highest BCUT2D eigenvalue weighted by Gasteiger charge is 2.21. The Labute approximate surface area is 245 Å². The second-order valence-corrected chi connectivity index (χ2v) is 10.2. The van der Waals surface area contributed by atoms with Crippen LogP contribution in [0.15, 0.2) is 42.5 Å². The summed E-state index contributed by atoms with van der Waals surface area (Å²) in [5.41, 5.74) is 5.38. The van der Waals surface area contributed by atoms with Gasteiger partial charge in [-0.2, -0.15) is 5.26 Å². The van der Waals surface area contributed by atoms with Crippen LogP contribution in [0.2, 0.25) is 0 Å². The normalized spacial score (nSPS) is 10.9. The van der Waals surface area contributed by atoms with Crippen molar-refractivity contribution in [2.75, 3.05) is 13.2 Å². The van der Waals surface area contributed by atoms with E-state index < -0.39 is 18.6 Å². The Morgan fingerprint density at radius 2 is 1.71 bits per heavy atom. The Bertz CT molecular complexity index is 1260. The van der Waals surface area contributed by atoms with Gasteiger partial charge in [-0.15, -0.1) is 12.8 Å². The van der Waals surface area contributed by atoms with Crippen LogP contribution in [0, 0.1) is 38.0 Å². The van der Waals surface area contributed by atoms with E-state index in [1.54, 1.807) is 12.1 Å². The number of terminal acetylenes is 1. The van der Waals surface area contributed by atoms with E-state index in [0.717, 1.165) is 22.8 Å². The molecule has 3 aromatic rings. The van der Waals surface area contributed by atoms with E-state index in [1.807, 2.05) is 33.8 Å². The molecule has 0 aliphatic carbocycles. The first kappa shape index (κ1) is 36.9. The molecule has 0 radical (unpaired) electrons. The average molecular weight is 563 g/mol. The van der Waals surface area contributed by atoms with Crippen LogP contribution in [0.25, 0.3) is 11.4 Å². The average Bonchev–Trinajstić information content (AvgIpc) is 3.36. The number of nitrogens with zero attached hydrogens (tertiary/aromatic N) is 2. The molecule has 222 valence electrons. The molecule has 1 unspecified atom stereocenters. The molecule has 41 heavy (non-hydrogen) atoms. The van der Waals surface area contributed by atoms with Gasteiger partial charge in [0.15, 0.2) is 0 Å². The number of aromatic amines is 1. The maximum Gasteiger partial charge on any atom is 0.251 e. The summed E-state index contributed by atoms with van der Waals surface area (Å²) in [7, 11) is 0. The number of aliphatic hydroxyl groups excluding tert-OH is 2. The summed E-state index contributed by atoms with van der Waals surface area (Å²) in [4.78, 5) is 19.9. The summed E-state index contributed by atoms with van der Waals surface area (Å²) < 4.78 is 5.46. The van der Waals surface area contributed by atoms with Crippen molar-refractivity contribution >= 4 is 5.91 Å². The van der Waals surface area contributed by atoms with Gasteiger partial charge in [-0.1, -0.05) is 64.4 Å². The molecule has 1 aromatic heterocycles. The number of carbonyl (C=O) groups excluding carboxylic acids is 1. The van der Waals surface area contributed by atoms with E-state index in [-0.39, 0.29) is 23.6 Å². The van der Waals surface area contributed by atoms with Crippen molar-refractivity contribution in [3.8, 4) is 36.1 Å². The van der Waals surface area contributed by atoms with E-state index in [1.165, 1.54) is 11.6 Å². The quantitative estimate of drug-likeness (QED) is 0.273. The first-order valence-corrected chi connectivity index (χ1v) is 13.6. The minimum atomic E-state index is -1.00. The Hall–Kier alpha value is -4.11. The molecule has 4 N–H and O–H groups in total. The molecule has 0 aliphatic rings. The number of amides is 1. The fraction of sp³-hybridized carbons (Fsp3) is 0.424. The number of H-pyrrole nitrogens is 1. The zero-order chi connectivity index (χ0) is 31.8. The molecular weight excluding hydrogens is 516 g/mol. The topological polar surface area (TPSA) is 131 Å². The SMILES string of the molecule is C#C.CC.CC(C)Oc1ccc(C(=O)NCC(O)CO)cc1C#N.Cc1ccc(-c2nc(C(C)(C)C)c(C)[nH]2)cc1. The van der Waals surface area contributed by atoms with Crippen molar-refractivity contribution in [2.45, 2.75) is 79.9 Å². The largest absolute Gasteiger partial charge is 0.490 e. The lowest BCUT2D eigenvalue weighted by Crippen LogP contribution is -2.33. The van der Waals surface area contributed by atoms with Gasteiger partial charge >= 0.3 is 0 Å². The van der Waals surface area contributed by atoms with Gasteiger partial charge in [0.2, 0.25) is 0 Å². The molecular formula is C33H46N4O4. The fourth-order valence-electron chi connectivity index (χ4n) is 3.53. The van der Waals surface area contributed by atoms with Gasteiger partial charge in [-0.25, -0.2) is 4.98 Å². The minimum Gasteiger partial charge on any atom is -0.490 e. The molecule has 1 amide bonds. The molecule has 0 fully saturated rings. The van der Waals surface area contributed by atoms with E-state index in [4.69, 9.17) is 25.2 Å². The summed E-state index contributed by atoms with van der Waals surface area (Å²) in [5.74, 6) is 0.965. The number of ether oxygens (including phenoxy) is 1. The number of imidazole rings is 1. The van der Waals surface area contributed by atoms with Crippen LogP contribution in [0.3, 0.4) is 0 Å². The molecule has 1 heterocycles. The molecule has 2 aromatic carbocycles. The molecule has 3 rings (SSSR count). The Morgan fingerprint density at radius 3 is 2.17 bits per heavy atom. The number of carbonyl (C=O) groups is 1. The Morgan fingerprint density at radius 1 is 1.12 bits per heavy atom. The van der Waals surface area contributed by atoms with Crippen molar-refractivity contribution < 1.29 is 19.7 Å². The van der Waals surface area contributed by atoms with Gasteiger partial charge in [0.05, 0.1) is 30.1 Å². The van der Waals surface area contributed by atoms with Gasteiger partial charge in [0.1, 0.15) is 17.6 Å². The molecule has 0 spiro atoms. The van der Waals surface area contributed by atoms with Crippen LogP contribution in [0.5, 0.6) is 5.75 Å². The van der Waals surface area contributed by atoms with Crippen molar-refractivity contribution in [2.24, 2.45) is 0 Å². The van der Waals surface area contributed by atoms with Crippen molar-refractivity contribution in [1.29, 1.82) is 5.26 Å². The van der Waals surface area contributed by atoms with E-state index >= 15 is 0 Å². The van der Waals surface area contributed by atoms with E-state index in [0.29, 0.717) is 11.3 Å². The predicted octanol–water partition coefficient (Wildman–Crippen LogP) is 5.70. The highest BCUT2D eigenvalue weighted by atomic mass is 16.5. The highest BCUT2D eigenvalue weighted by Crippen LogP contribution is 2.27. The molecule has 1 atom stereocenters. The van der Waals surface area contributed by atoms with Gasteiger partial charge < -0.3 is 25.3 Å². The van der Waals surface area contributed by atoms with E-state index in [9.17, 15) is 4.79 Å². The summed E-state index contributed by atoms with van der Waals surface area (Å²) in [5, 5.41) is 29.3. The maximum absolute atomic E-state index is 11.8. The Balaban J connectivity index is 0.000000701. The van der Waals surface area contributed by atoms with Crippen LogP contribution in [0.1, 0.15) is 81.3 Å². The van der Waals surface area contributed by atoms with E-state index in [2.05, 4.69) is 82.0 Å². The zero-order valence-electron chi connectivity index (χ0n) is 25.9. The number of benzene rings is 2. The number of hydrogen-bond donors (Lipinski definition) is 4. The van der Waals surface area contributed by atoms with Gasteiger partial charge in [-0.3, -0.25) is 4.79 Å². The lowest BCUT2D eigenvalue weighted by molar-refractivity contribution is 0.0802. The molecule has 0 aliphatic heterocycles. The van der Waals surface area contributed by atoms with Crippen molar-refractivity contribution in [1.82, 2.24) is 15.3 Å². The second kappa shape index (κ2) is 18.3. The van der Waals surface area contributed by atoms with Crippen molar-refractivity contribution in [3.63, 3.8) is 0 Å². The summed E-state index contributed by atoms with van der Waals surface area (Å²) >= 11 is 0. The highest BCUT2D eigenvalue weighted by molar-refractivity contribution is 5.94. The lowest BCUT2D eigenvalue weighted by atomic mass is 9.91. The first-order chi connectivity index (χ1) is 19.3. The second-order valence-electron chi connectivity index (χ2n) is 10.2. The third-order valence-electron chi connectivity index (χ3n) is 5.35.